The Hall–Kier alpha value is -0.223. The van der Waals surface area contributed by atoms with Crippen LogP contribution in [0.1, 0.15) is 0 Å². The van der Waals surface area contributed by atoms with E-state index < -0.39 is 37.0 Å². The Labute approximate surface area is 85.2 Å². The van der Waals surface area contributed by atoms with Gasteiger partial charge in [-0.2, -0.15) is 0 Å². The zero-order chi connectivity index (χ0) is 11.0. The van der Waals surface area contributed by atoms with Crippen molar-refractivity contribution in [3.8, 4) is 0 Å². The SMILES string of the molecule is O=[As](O)(O)c1ccccc1[As](=O)(O)O. The molecule has 14 heavy (non-hydrogen) atoms. The monoisotopic (exact) mass is 326 g/mol. The van der Waals surface area contributed by atoms with Crippen molar-refractivity contribution < 1.29 is 23.9 Å². The van der Waals surface area contributed by atoms with Gasteiger partial charge in [0.2, 0.25) is 0 Å². The van der Waals surface area contributed by atoms with Crippen LogP contribution < -0.4 is 8.70 Å². The summed E-state index contributed by atoms with van der Waals surface area (Å²) in [5, 5.41) is 0. The molecule has 0 atom stereocenters. The van der Waals surface area contributed by atoms with E-state index in [9.17, 15) is 7.48 Å². The molecule has 0 aromatic heterocycles. The first-order valence-corrected chi connectivity index (χ1v) is 10.2. The third-order valence-corrected chi connectivity index (χ3v) is 6.61. The predicted octanol–water partition coefficient (Wildman–Crippen LogP) is -3.19. The van der Waals surface area contributed by atoms with Crippen molar-refractivity contribution in [1.82, 2.24) is 0 Å². The minimum absolute atomic E-state index is 0.543. The van der Waals surface area contributed by atoms with Crippen molar-refractivity contribution >= 4 is 37.0 Å². The van der Waals surface area contributed by atoms with Gasteiger partial charge >= 0.3 is 85.2 Å². The zero-order valence-electron chi connectivity index (χ0n) is 6.81. The van der Waals surface area contributed by atoms with Crippen LogP contribution in [0, 0.1) is 0 Å². The quantitative estimate of drug-likeness (QED) is 0.426. The van der Waals surface area contributed by atoms with E-state index in [4.69, 9.17) is 16.4 Å². The van der Waals surface area contributed by atoms with Gasteiger partial charge in [0.25, 0.3) is 0 Å². The molecule has 4 N–H and O–H groups in total. The molecule has 0 unspecified atom stereocenters. The Morgan fingerprint density at radius 1 is 0.786 bits per heavy atom. The molecule has 0 aliphatic rings. The third kappa shape index (κ3) is 2.64. The van der Waals surface area contributed by atoms with E-state index in [2.05, 4.69) is 0 Å². The van der Waals surface area contributed by atoms with E-state index in [-0.39, 0.29) is 0 Å². The molecule has 0 spiro atoms. The third-order valence-electron chi connectivity index (χ3n) is 1.51. The minimum atomic E-state index is -5.25. The topological polar surface area (TPSA) is 115 Å². The summed E-state index contributed by atoms with van der Waals surface area (Å²) in [7, 11) is 0. The summed E-state index contributed by atoms with van der Waals surface area (Å²) in [6, 6.07) is 4.72. The molecule has 0 radical (unpaired) electrons. The van der Waals surface area contributed by atoms with Crippen LogP contribution >= 0.6 is 0 Å². The van der Waals surface area contributed by atoms with E-state index in [1.165, 1.54) is 12.1 Å². The van der Waals surface area contributed by atoms with Crippen molar-refractivity contribution in [3.05, 3.63) is 24.3 Å². The number of benzene rings is 1. The van der Waals surface area contributed by atoms with Gasteiger partial charge in [-0.05, 0) is 0 Å². The maximum atomic E-state index is 10.9. The molecule has 0 heterocycles. The van der Waals surface area contributed by atoms with Crippen LogP contribution in [-0.2, 0) is 7.48 Å². The normalized spacial score (nSPS) is 12.9. The molecule has 0 saturated carbocycles. The van der Waals surface area contributed by atoms with Gasteiger partial charge in [0.1, 0.15) is 0 Å². The number of hydrogen-bond acceptors (Lipinski definition) is 2. The van der Waals surface area contributed by atoms with Gasteiger partial charge in [0.05, 0.1) is 0 Å². The first kappa shape index (κ1) is 11.8. The average Bonchev–Trinajstić information content (AvgIpc) is 2.01. The van der Waals surface area contributed by atoms with Crippen LogP contribution in [0.3, 0.4) is 0 Å². The van der Waals surface area contributed by atoms with Gasteiger partial charge in [-0.1, -0.05) is 0 Å². The molecule has 78 valence electrons. The van der Waals surface area contributed by atoms with Crippen LogP contribution in [0.2, 0.25) is 0 Å². The molecule has 0 saturated heterocycles. The molecular formula is C6H8As2O6. The standard InChI is InChI=1S/C6H8As2O6/c9-7(10,11)5-3-1-2-4-6(5)8(12,13)14/h1-4H,(H2,9,10,11)(H2,12,13,14). The molecule has 1 aromatic rings. The second-order valence-corrected chi connectivity index (χ2v) is 9.16. The summed E-state index contributed by atoms with van der Waals surface area (Å²) < 4.78 is 56.2. The van der Waals surface area contributed by atoms with Gasteiger partial charge in [-0.3, -0.25) is 0 Å². The van der Waals surface area contributed by atoms with Gasteiger partial charge in [-0.15, -0.1) is 0 Å². The fourth-order valence-corrected chi connectivity index (χ4v) is 6.54. The summed E-state index contributed by atoms with van der Waals surface area (Å²) in [6.07, 6.45) is 0. The molecule has 6 nitrogen and oxygen atoms in total. The zero-order valence-corrected chi connectivity index (χ0v) is 10.6. The fraction of sp³-hybridized carbons (Fsp3) is 0. The predicted molar refractivity (Wildman–Crippen MR) is 47.5 cm³/mol. The molecule has 8 heteroatoms. The van der Waals surface area contributed by atoms with Crippen LogP contribution in [0.5, 0.6) is 0 Å². The summed E-state index contributed by atoms with van der Waals surface area (Å²) in [5.74, 6) is 0. The molecule has 0 amide bonds. The van der Waals surface area contributed by atoms with E-state index in [0.717, 1.165) is 12.1 Å². The van der Waals surface area contributed by atoms with E-state index in [0.29, 0.717) is 0 Å². The van der Waals surface area contributed by atoms with Gasteiger partial charge < -0.3 is 0 Å². The second-order valence-electron chi connectivity index (χ2n) is 2.58. The van der Waals surface area contributed by atoms with Crippen molar-refractivity contribution in [2.24, 2.45) is 0 Å². The van der Waals surface area contributed by atoms with Gasteiger partial charge in [0.15, 0.2) is 0 Å². The Morgan fingerprint density at radius 3 is 1.29 bits per heavy atom. The summed E-state index contributed by atoms with van der Waals surface area (Å²) in [6.45, 7) is 0. The molecule has 0 bridgehead atoms. The van der Waals surface area contributed by atoms with Gasteiger partial charge in [-0.25, -0.2) is 0 Å². The second kappa shape index (κ2) is 3.74. The Kier molecular flexibility index (Phi) is 3.16. The average molecular weight is 326 g/mol. The fourth-order valence-electron chi connectivity index (χ4n) is 0.957. The summed E-state index contributed by atoms with van der Waals surface area (Å²) >= 11 is -10.5. The maximum absolute atomic E-state index is 10.9. The van der Waals surface area contributed by atoms with Crippen LogP contribution in [-0.4, -0.2) is 44.7 Å². The van der Waals surface area contributed by atoms with Crippen LogP contribution in [0.25, 0.3) is 0 Å². The first-order valence-electron chi connectivity index (χ1n) is 3.44. The van der Waals surface area contributed by atoms with Crippen molar-refractivity contribution in [2.45, 2.75) is 0 Å². The van der Waals surface area contributed by atoms with Crippen molar-refractivity contribution in [1.29, 1.82) is 0 Å². The Bertz CT molecular complexity index is 389. The first-order chi connectivity index (χ1) is 6.23. The van der Waals surface area contributed by atoms with Crippen LogP contribution in [0.4, 0.5) is 0 Å². The van der Waals surface area contributed by atoms with E-state index in [1.54, 1.807) is 0 Å². The Balaban J connectivity index is 3.47. The molecule has 0 fully saturated rings. The summed E-state index contributed by atoms with van der Waals surface area (Å²) in [5.41, 5.74) is 0. The number of rotatable bonds is 2. The molecule has 0 aliphatic carbocycles. The van der Waals surface area contributed by atoms with Crippen molar-refractivity contribution in [3.63, 3.8) is 0 Å². The van der Waals surface area contributed by atoms with Gasteiger partial charge in [0, 0.05) is 0 Å². The molecular weight excluding hydrogens is 318 g/mol. The van der Waals surface area contributed by atoms with Crippen molar-refractivity contribution in [2.75, 3.05) is 0 Å². The molecule has 1 aromatic carbocycles. The molecule has 0 aliphatic heterocycles. The molecule has 1 rings (SSSR count). The number of hydrogen-bond donors (Lipinski definition) is 4. The van der Waals surface area contributed by atoms with E-state index in [1.807, 2.05) is 0 Å². The summed E-state index contributed by atoms with van der Waals surface area (Å²) in [4.78, 5) is 0. The van der Waals surface area contributed by atoms with E-state index >= 15 is 0 Å². The van der Waals surface area contributed by atoms with Crippen LogP contribution in [0.15, 0.2) is 24.3 Å². The Morgan fingerprint density at radius 2 is 1.07 bits per heavy atom.